The first-order valence-electron chi connectivity index (χ1n) is 9.26. The molecule has 1 aromatic heterocycles. The van der Waals surface area contributed by atoms with Crippen molar-refractivity contribution in [3.8, 4) is 0 Å². The summed E-state index contributed by atoms with van der Waals surface area (Å²) < 4.78 is 10.3. The second-order valence-corrected chi connectivity index (χ2v) is 7.79. The first-order chi connectivity index (χ1) is 13.0. The molecule has 0 aliphatic heterocycles. The zero-order valence-electron chi connectivity index (χ0n) is 15.6. The Kier molecular flexibility index (Phi) is 9.14. The number of rotatable bonds is 11. The number of thiophene rings is 1. The van der Waals surface area contributed by atoms with Gasteiger partial charge in [-0.15, -0.1) is 11.3 Å². The van der Waals surface area contributed by atoms with Crippen molar-refractivity contribution in [2.75, 3.05) is 13.7 Å². The minimum atomic E-state index is -0.829. The number of hydrogen-bond acceptors (Lipinski definition) is 7. The number of ketones is 1. The molecule has 0 aromatic carbocycles. The van der Waals surface area contributed by atoms with Crippen molar-refractivity contribution in [3.63, 3.8) is 0 Å². The van der Waals surface area contributed by atoms with Gasteiger partial charge in [0.15, 0.2) is 0 Å². The van der Waals surface area contributed by atoms with Gasteiger partial charge in [-0.3, -0.25) is 9.59 Å². The van der Waals surface area contributed by atoms with Gasteiger partial charge in [0.1, 0.15) is 5.78 Å². The summed E-state index contributed by atoms with van der Waals surface area (Å²) in [6.07, 6.45) is 4.62. The van der Waals surface area contributed by atoms with E-state index in [2.05, 4.69) is 4.74 Å². The molecule has 1 saturated carbocycles. The monoisotopic (exact) mass is 396 g/mol. The minimum Gasteiger partial charge on any atom is -0.469 e. The molecule has 7 heteroatoms. The average molecular weight is 397 g/mol. The van der Waals surface area contributed by atoms with Gasteiger partial charge in [-0.2, -0.15) is 0 Å². The zero-order valence-corrected chi connectivity index (χ0v) is 16.4. The summed E-state index contributed by atoms with van der Waals surface area (Å²) in [5.41, 5.74) is 0. The second kappa shape index (κ2) is 11.3. The van der Waals surface area contributed by atoms with E-state index in [0.717, 1.165) is 11.3 Å². The molecule has 6 nitrogen and oxygen atoms in total. The summed E-state index contributed by atoms with van der Waals surface area (Å²) >= 11 is 1.57. The third-order valence-corrected chi connectivity index (χ3v) is 5.53. The van der Waals surface area contributed by atoms with Crippen molar-refractivity contribution >= 4 is 23.1 Å². The van der Waals surface area contributed by atoms with Crippen molar-refractivity contribution in [2.45, 2.75) is 56.8 Å². The smallest absolute Gasteiger partial charge is 0.305 e. The van der Waals surface area contributed by atoms with Gasteiger partial charge in [-0.25, -0.2) is 0 Å². The Morgan fingerprint density at radius 1 is 1.44 bits per heavy atom. The molecular weight excluding hydrogens is 368 g/mol. The van der Waals surface area contributed by atoms with Gasteiger partial charge >= 0.3 is 5.97 Å². The summed E-state index contributed by atoms with van der Waals surface area (Å²) in [7, 11) is 1.37. The molecule has 0 saturated heterocycles. The lowest BCUT2D eigenvalue weighted by atomic mass is 9.99. The largest absolute Gasteiger partial charge is 0.469 e. The average Bonchev–Trinajstić information content (AvgIpc) is 3.23. The highest BCUT2D eigenvalue weighted by Gasteiger charge is 2.41. The van der Waals surface area contributed by atoms with E-state index < -0.39 is 24.2 Å². The van der Waals surface area contributed by atoms with Crippen LogP contribution in [0.5, 0.6) is 0 Å². The number of hydrogen-bond donors (Lipinski definition) is 2. The van der Waals surface area contributed by atoms with E-state index >= 15 is 0 Å². The molecule has 0 radical (unpaired) electrons. The van der Waals surface area contributed by atoms with Crippen molar-refractivity contribution in [3.05, 3.63) is 34.5 Å². The molecule has 1 aromatic rings. The SMILES string of the molecule is COC(=O)CCCC=CC[C@H]1C(=O)C[C@@H](O)[C@@H]1OCC(O)Cc1cccs1. The van der Waals surface area contributed by atoms with Crippen LogP contribution >= 0.6 is 11.3 Å². The summed E-state index contributed by atoms with van der Waals surface area (Å²) in [5, 5.41) is 22.2. The van der Waals surface area contributed by atoms with E-state index in [4.69, 9.17) is 4.74 Å². The van der Waals surface area contributed by atoms with Crippen molar-refractivity contribution < 1.29 is 29.3 Å². The third kappa shape index (κ3) is 7.18. The summed E-state index contributed by atoms with van der Waals surface area (Å²) in [4.78, 5) is 24.3. The van der Waals surface area contributed by atoms with Gasteiger partial charge in [0.2, 0.25) is 0 Å². The lowest BCUT2D eigenvalue weighted by Crippen LogP contribution is -2.33. The van der Waals surface area contributed by atoms with Gasteiger partial charge in [0.05, 0.1) is 32.0 Å². The van der Waals surface area contributed by atoms with Gasteiger partial charge in [0.25, 0.3) is 0 Å². The van der Waals surface area contributed by atoms with E-state index in [1.54, 1.807) is 11.3 Å². The van der Waals surface area contributed by atoms with E-state index in [1.807, 2.05) is 29.7 Å². The van der Waals surface area contributed by atoms with E-state index in [1.165, 1.54) is 7.11 Å². The van der Waals surface area contributed by atoms with Gasteiger partial charge in [0, 0.05) is 30.1 Å². The number of aliphatic hydroxyl groups is 2. The first kappa shape index (κ1) is 21.8. The Balaban J connectivity index is 1.76. The Hall–Kier alpha value is -1.54. The molecule has 1 fully saturated rings. The summed E-state index contributed by atoms with van der Waals surface area (Å²) in [5.74, 6) is -0.641. The van der Waals surface area contributed by atoms with Crippen LogP contribution < -0.4 is 0 Å². The Morgan fingerprint density at radius 3 is 2.96 bits per heavy atom. The number of unbranched alkanes of at least 4 members (excludes halogenated alkanes) is 1. The van der Waals surface area contributed by atoms with Crippen LogP contribution in [-0.2, 0) is 25.5 Å². The number of allylic oxidation sites excluding steroid dienone is 2. The fraction of sp³-hybridized carbons (Fsp3) is 0.600. The first-order valence-corrected chi connectivity index (χ1v) is 10.1. The quantitative estimate of drug-likeness (QED) is 0.339. The van der Waals surface area contributed by atoms with Gasteiger partial charge in [-0.1, -0.05) is 18.2 Å². The van der Waals surface area contributed by atoms with Crippen molar-refractivity contribution in [1.29, 1.82) is 0 Å². The normalized spacial score (nSPS) is 23.8. The number of carbonyl (C=O) groups is 2. The Morgan fingerprint density at radius 2 is 2.26 bits per heavy atom. The Bertz CT molecular complexity index is 612. The molecule has 0 spiro atoms. The lowest BCUT2D eigenvalue weighted by Gasteiger charge is -2.22. The number of ether oxygens (including phenoxy) is 2. The molecule has 1 unspecified atom stereocenters. The lowest BCUT2D eigenvalue weighted by molar-refractivity contribution is -0.140. The molecule has 2 N–H and O–H groups in total. The van der Waals surface area contributed by atoms with Crippen LogP contribution in [-0.4, -0.2) is 54.0 Å². The van der Waals surface area contributed by atoms with Crippen LogP contribution in [0, 0.1) is 5.92 Å². The number of carbonyl (C=O) groups excluding carboxylic acids is 2. The van der Waals surface area contributed by atoms with Crippen LogP contribution in [0.2, 0.25) is 0 Å². The van der Waals surface area contributed by atoms with Crippen LogP contribution in [0.25, 0.3) is 0 Å². The topological polar surface area (TPSA) is 93.1 Å². The zero-order chi connectivity index (χ0) is 19.6. The standard InChI is InChI=1S/C20H28O6S/c1-25-19(24)9-5-3-2-4-8-16-17(22)12-18(23)20(16)26-13-14(21)11-15-7-6-10-27-15/h2,4,6-7,10,14,16,18,20-21,23H,3,5,8-9,11-13H2,1H3/t14?,16-,18+,20+/m0/s1. The maximum atomic E-state index is 12.1. The molecule has 0 amide bonds. The molecule has 1 heterocycles. The molecule has 0 bridgehead atoms. The predicted molar refractivity (Wildman–Crippen MR) is 103 cm³/mol. The Labute approximate surface area is 163 Å². The fourth-order valence-electron chi connectivity index (χ4n) is 3.19. The van der Waals surface area contributed by atoms with Gasteiger partial charge in [-0.05, 0) is 30.7 Å². The van der Waals surface area contributed by atoms with Crippen LogP contribution in [0.1, 0.15) is 37.0 Å². The van der Waals surface area contributed by atoms with Crippen LogP contribution in [0.15, 0.2) is 29.7 Å². The maximum Gasteiger partial charge on any atom is 0.305 e. The molecule has 27 heavy (non-hydrogen) atoms. The second-order valence-electron chi connectivity index (χ2n) is 6.76. The van der Waals surface area contributed by atoms with E-state index in [-0.39, 0.29) is 24.8 Å². The van der Waals surface area contributed by atoms with Crippen LogP contribution in [0.4, 0.5) is 0 Å². The van der Waals surface area contributed by atoms with Gasteiger partial charge < -0.3 is 19.7 Å². The molecule has 150 valence electrons. The fourth-order valence-corrected chi connectivity index (χ4v) is 3.96. The van der Waals surface area contributed by atoms with Crippen molar-refractivity contribution in [2.24, 2.45) is 5.92 Å². The molecule has 1 aliphatic rings. The minimum absolute atomic E-state index is 0.0144. The number of esters is 1. The summed E-state index contributed by atoms with van der Waals surface area (Å²) in [6.45, 7) is 0.0895. The van der Waals surface area contributed by atoms with Crippen LogP contribution in [0.3, 0.4) is 0 Å². The number of Topliss-reactive ketones (excluding diaryl/α,β-unsaturated/α-hetero) is 1. The third-order valence-electron chi connectivity index (χ3n) is 4.63. The number of methoxy groups -OCH3 is 1. The highest BCUT2D eigenvalue weighted by atomic mass is 32.1. The maximum absolute atomic E-state index is 12.1. The number of aliphatic hydroxyl groups excluding tert-OH is 2. The van der Waals surface area contributed by atoms with E-state index in [9.17, 15) is 19.8 Å². The summed E-state index contributed by atoms with van der Waals surface area (Å²) in [6, 6.07) is 3.89. The van der Waals surface area contributed by atoms with Crippen molar-refractivity contribution in [1.82, 2.24) is 0 Å². The highest BCUT2D eigenvalue weighted by molar-refractivity contribution is 7.09. The van der Waals surface area contributed by atoms with E-state index in [0.29, 0.717) is 25.7 Å². The molecular formula is C20H28O6S. The predicted octanol–water partition coefficient (Wildman–Crippen LogP) is 2.28. The highest BCUT2D eigenvalue weighted by Crippen LogP contribution is 2.29. The molecule has 2 rings (SSSR count). The molecule has 4 atom stereocenters. The molecule has 1 aliphatic carbocycles.